The van der Waals surface area contributed by atoms with Gasteiger partial charge in [-0.15, -0.1) is 0 Å². The summed E-state index contributed by atoms with van der Waals surface area (Å²) in [7, 11) is -1.69. The summed E-state index contributed by atoms with van der Waals surface area (Å²) in [4.78, 5) is 22.3. The molecule has 0 saturated carbocycles. The van der Waals surface area contributed by atoms with Crippen molar-refractivity contribution in [3.05, 3.63) is 79.9 Å². The molecule has 2 aromatic rings. The van der Waals surface area contributed by atoms with Gasteiger partial charge in [0.2, 0.25) is 0 Å². The number of rotatable bonds is 10. The molecule has 1 fully saturated rings. The molecule has 1 atom stereocenters. The molecule has 3 rings (SSSR count). The van der Waals surface area contributed by atoms with Crippen molar-refractivity contribution in [3.8, 4) is 6.07 Å². The molecule has 1 aliphatic heterocycles. The summed E-state index contributed by atoms with van der Waals surface area (Å²) in [6.45, 7) is 1.58. The second kappa shape index (κ2) is 10.9. The SMILES string of the molecule is N#CCCOP(OC(c1ccccc1[N+](=O)[O-])c1ccccc1[N+](=O)[O-])N1CCCC1. The van der Waals surface area contributed by atoms with Crippen molar-refractivity contribution in [2.45, 2.75) is 25.4 Å². The van der Waals surface area contributed by atoms with Gasteiger partial charge in [-0.25, -0.2) is 4.67 Å². The summed E-state index contributed by atoms with van der Waals surface area (Å²) in [5, 5.41) is 32.2. The minimum absolute atomic E-state index is 0.138. The molecular weight excluding hydrogens is 423 g/mol. The molecule has 31 heavy (non-hydrogen) atoms. The monoisotopic (exact) mass is 444 g/mol. The first-order valence-corrected chi connectivity index (χ1v) is 10.8. The summed E-state index contributed by atoms with van der Waals surface area (Å²) >= 11 is 0. The van der Waals surface area contributed by atoms with Crippen molar-refractivity contribution < 1.29 is 18.9 Å². The maximum absolute atomic E-state index is 11.7. The minimum Gasteiger partial charge on any atom is -0.321 e. The lowest BCUT2D eigenvalue weighted by molar-refractivity contribution is -0.387. The van der Waals surface area contributed by atoms with Gasteiger partial charge in [-0.3, -0.25) is 20.2 Å². The second-order valence-corrected chi connectivity index (χ2v) is 8.27. The van der Waals surface area contributed by atoms with E-state index in [1.165, 1.54) is 36.4 Å². The first kappa shape index (κ1) is 22.7. The molecular formula is C20H21N4O6P. The summed E-state index contributed by atoms with van der Waals surface area (Å²) < 4.78 is 14.1. The van der Waals surface area contributed by atoms with E-state index >= 15 is 0 Å². The highest BCUT2D eigenvalue weighted by molar-refractivity contribution is 7.44. The standard InChI is InChI=1S/C20H21N4O6P/c21-12-7-15-29-31(22-13-5-6-14-22)30-20(16-8-1-3-10-18(16)23(25)26)17-9-2-4-11-19(17)24(27)28/h1-4,8-11,20H,5-7,13-15H2. The zero-order valence-corrected chi connectivity index (χ0v) is 17.5. The van der Waals surface area contributed by atoms with Crippen molar-refractivity contribution in [2.75, 3.05) is 19.7 Å². The highest BCUT2D eigenvalue weighted by Crippen LogP contribution is 2.52. The smallest absolute Gasteiger partial charge is 0.275 e. The van der Waals surface area contributed by atoms with E-state index in [9.17, 15) is 20.2 Å². The zero-order valence-electron chi connectivity index (χ0n) is 16.6. The number of hydrogen-bond donors (Lipinski definition) is 0. The summed E-state index contributed by atoms with van der Waals surface area (Å²) in [6.07, 6.45) is 0.978. The first-order valence-electron chi connectivity index (χ1n) is 9.71. The molecule has 0 aliphatic carbocycles. The number of para-hydroxylation sites is 2. The lowest BCUT2D eigenvalue weighted by atomic mass is 9.98. The van der Waals surface area contributed by atoms with Gasteiger partial charge in [-0.05, 0) is 25.0 Å². The third-order valence-electron chi connectivity index (χ3n) is 4.76. The van der Waals surface area contributed by atoms with Gasteiger partial charge >= 0.3 is 0 Å². The van der Waals surface area contributed by atoms with Crippen LogP contribution >= 0.6 is 8.53 Å². The quantitative estimate of drug-likeness (QED) is 0.220. The van der Waals surface area contributed by atoms with Gasteiger partial charge in [-0.2, -0.15) is 5.26 Å². The van der Waals surface area contributed by atoms with Crippen LogP contribution in [0.4, 0.5) is 11.4 Å². The normalized spacial score (nSPS) is 15.0. The van der Waals surface area contributed by atoms with E-state index in [2.05, 4.69) is 0 Å². The van der Waals surface area contributed by atoms with Crippen molar-refractivity contribution in [2.24, 2.45) is 0 Å². The Bertz CT molecular complexity index is 919. The van der Waals surface area contributed by atoms with Crippen LogP contribution in [0.25, 0.3) is 0 Å². The van der Waals surface area contributed by atoms with Crippen molar-refractivity contribution in [1.82, 2.24) is 4.67 Å². The molecule has 162 valence electrons. The summed E-state index contributed by atoms with van der Waals surface area (Å²) in [5.74, 6) is 0. The van der Waals surface area contributed by atoms with E-state index in [1.54, 1.807) is 12.1 Å². The Morgan fingerprint density at radius 1 is 1.00 bits per heavy atom. The van der Waals surface area contributed by atoms with Crippen molar-refractivity contribution in [1.29, 1.82) is 5.26 Å². The fourth-order valence-electron chi connectivity index (χ4n) is 3.33. The molecule has 0 radical (unpaired) electrons. The van der Waals surface area contributed by atoms with Crippen LogP contribution < -0.4 is 0 Å². The maximum Gasteiger partial charge on any atom is 0.275 e. The molecule has 1 heterocycles. The predicted octanol–water partition coefficient (Wildman–Crippen LogP) is 4.86. The first-order chi connectivity index (χ1) is 15.0. The number of nitro benzene ring substituents is 2. The van der Waals surface area contributed by atoms with Crippen molar-refractivity contribution >= 4 is 19.9 Å². The number of nitrogens with zero attached hydrogens (tertiary/aromatic N) is 4. The van der Waals surface area contributed by atoms with Crippen LogP contribution in [-0.2, 0) is 9.05 Å². The highest BCUT2D eigenvalue weighted by atomic mass is 31.2. The fraction of sp³-hybridized carbons (Fsp3) is 0.350. The summed E-state index contributed by atoms with van der Waals surface area (Å²) in [5.41, 5.74) is 0.0212. The van der Waals surface area contributed by atoms with E-state index in [0.29, 0.717) is 0 Å². The Hall–Kier alpha value is -2.96. The molecule has 0 bridgehead atoms. The molecule has 0 N–H and O–H groups in total. The topological polar surface area (TPSA) is 132 Å². The van der Waals surface area contributed by atoms with E-state index in [0.717, 1.165) is 25.9 Å². The Balaban J connectivity index is 2.06. The van der Waals surface area contributed by atoms with Gasteiger partial charge in [0.05, 0.1) is 40.1 Å². The van der Waals surface area contributed by atoms with E-state index in [-0.39, 0.29) is 35.5 Å². The molecule has 1 unspecified atom stereocenters. The van der Waals surface area contributed by atoms with Gasteiger partial charge in [0.15, 0.2) is 0 Å². The molecule has 11 heteroatoms. The highest BCUT2D eigenvalue weighted by Gasteiger charge is 2.35. The van der Waals surface area contributed by atoms with Crippen molar-refractivity contribution in [3.63, 3.8) is 0 Å². The summed E-state index contributed by atoms with van der Waals surface area (Å²) in [6, 6.07) is 14.1. The molecule has 10 nitrogen and oxygen atoms in total. The molecule has 0 amide bonds. The van der Waals surface area contributed by atoms with Crippen LogP contribution in [0, 0.1) is 31.6 Å². The largest absolute Gasteiger partial charge is 0.321 e. The molecule has 1 aliphatic rings. The van der Waals surface area contributed by atoms with Crippen LogP contribution in [-0.4, -0.2) is 34.2 Å². The van der Waals surface area contributed by atoms with Gasteiger partial charge in [-0.1, -0.05) is 24.3 Å². The van der Waals surface area contributed by atoms with Crippen LogP contribution in [0.1, 0.15) is 36.5 Å². The van der Waals surface area contributed by atoms with Crippen LogP contribution in [0.15, 0.2) is 48.5 Å². The van der Waals surface area contributed by atoms with Crippen LogP contribution in [0.2, 0.25) is 0 Å². The molecule has 0 aromatic heterocycles. The van der Waals surface area contributed by atoms with E-state index in [4.69, 9.17) is 14.3 Å². The minimum atomic E-state index is -1.69. The lowest BCUT2D eigenvalue weighted by Gasteiger charge is -2.29. The van der Waals surface area contributed by atoms with E-state index in [1.807, 2.05) is 10.7 Å². The average Bonchev–Trinajstić information content (AvgIpc) is 3.31. The average molecular weight is 444 g/mol. The Labute approximate surface area is 180 Å². The second-order valence-electron chi connectivity index (χ2n) is 6.76. The number of nitriles is 1. The van der Waals surface area contributed by atoms with Gasteiger partial charge in [0.25, 0.3) is 19.9 Å². The van der Waals surface area contributed by atoms with Gasteiger partial charge < -0.3 is 9.05 Å². The fourth-order valence-corrected chi connectivity index (χ4v) is 4.96. The maximum atomic E-state index is 11.7. The number of hydrogen-bond acceptors (Lipinski definition) is 8. The molecule has 0 spiro atoms. The van der Waals surface area contributed by atoms with Crippen LogP contribution in [0.3, 0.4) is 0 Å². The zero-order chi connectivity index (χ0) is 22.2. The Morgan fingerprint density at radius 2 is 1.52 bits per heavy atom. The van der Waals surface area contributed by atoms with Gasteiger partial charge in [0, 0.05) is 25.2 Å². The third kappa shape index (κ3) is 5.60. The van der Waals surface area contributed by atoms with Crippen LogP contribution in [0.5, 0.6) is 0 Å². The number of nitro groups is 2. The third-order valence-corrected chi connectivity index (χ3v) is 6.41. The number of benzene rings is 2. The predicted molar refractivity (Wildman–Crippen MR) is 113 cm³/mol. The molecule has 2 aromatic carbocycles. The molecule has 1 saturated heterocycles. The lowest BCUT2D eigenvalue weighted by Crippen LogP contribution is -2.19. The van der Waals surface area contributed by atoms with Gasteiger partial charge in [0.1, 0.15) is 6.10 Å². The Kier molecular flexibility index (Phi) is 7.98. The van der Waals surface area contributed by atoms with E-state index < -0.39 is 24.5 Å². The Morgan fingerprint density at radius 3 is 2.00 bits per heavy atom.